The minimum Gasteiger partial charge on any atom is -0.469 e. The third-order valence-electron chi connectivity index (χ3n) is 1.86. The molecule has 1 saturated carbocycles. The van der Waals surface area contributed by atoms with Gasteiger partial charge in [0.05, 0.1) is 19.1 Å². The average molecular weight is 139 g/mol. The SMILES string of the molecule is COC(=O)C1CC(C#N)C1. The van der Waals surface area contributed by atoms with Gasteiger partial charge in [0.25, 0.3) is 0 Å². The lowest BCUT2D eigenvalue weighted by atomic mass is 9.76. The topological polar surface area (TPSA) is 50.1 Å². The van der Waals surface area contributed by atoms with Crippen molar-refractivity contribution < 1.29 is 9.53 Å². The van der Waals surface area contributed by atoms with Crippen LogP contribution in [0.5, 0.6) is 0 Å². The number of nitrogens with zero attached hydrogens (tertiary/aromatic N) is 1. The summed E-state index contributed by atoms with van der Waals surface area (Å²) in [5.74, 6) is -0.0924. The van der Waals surface area contributed by atoms with Crippen molar-refractivity contribution in [1.29, 1.82) is 5.26 Å². The molecule has 1 rings (SSSR count). The second kappa shape index (κ2) is 2.70. The van der Waals surface area contributed by atoms with Crippen molar-refractivity contribution >= 4 is 5.97 Å². The summed E-state index contributed by atoms with van der Waals surface area (Å²) in [5, 5.41) is 8.36. The summed E-state index contributed by atoms with van der Waals surface area (Å²) in [6, 6.07) is 2.10. The van der Waals surface area contributed by atoms with E-state index in [-0.39, 0.29) is 17.8 Å². The Labute approximate surface area is 59.6 Å². The number of methoxy groups -OCH3 is 1. The van der Waals surface area contributed by atoms with Crippen LogP contribution in [0.25, 0.3) is 0 Å². The summed E-state index contributed by atoms with van der Waals surface area (Å²) in [4.78, 5) is 10.7. The van der Waals surface area contributed by atoms with E-state index in [2.05, 4.69) is 10.8 Å². The summed E-state index contributed by atoms with van der Waals surface area (Å²) in [5.41, 5.74) is 0. The van der Waals surface area contributed by atoms with Crippen molar-refractivity contribution in [2.75, 3.05) is 7.11 Å². The van der Waals surface area contributed by atoms with Crippen molar-refractivity contribution in [2.24, 2.45) is 11.8 Å². The first-order valence-electron chi connectivity index (χ1n) is 3.25. The summed E-state index contributed by atoms with van der Waals surface area (Å²) in [6.45, 7) is 0. The van der Waals surface area contributed by atoms with Crippen LogP contribution in [0.3, 0.4) is 0 Å². The molecule has 54 valence electrons. The van der Waals surface area contributed by atoms with Crippen LogP contribution < -0.4 is 0 Å². The van der Waals surface area contributed by atoms with Crippen LogP contribution in [-0.2, 0) is 9.53 Å². The molecule has 3 nitrogen and oxygen atoms in total. The van der Waals surface area contributed by atoms with E-state index in [0.717, 1.165) is 0 Å². The zero-order valence-electron chi connectivity index (χ0n) is 5.83. The van der Waals surface area contributed by atoms with Gasteiger partial charge >= 0.3 is 5.97 Å². The first kappa shape index (κ1) is 7.07. The quantitative estimate of drug-likeness (QED) is 0.502. The minimum absolute atomic E-state index is 0.00495. The molecule has 1 aliphatic rings. The highest BCUT2D eigenvalue weighted by Gasteiger charge is 2.34. The molecule has 10 heavy (non-hydrogen) atoms. The lowest BCUT2D eigenvalue weighted by Crippen LogP contribution is -2.30. The molecular weight excluding hydrogens is 130 g/mol. The highest BCUT2D eigenvalue weighted by molar-refractivity contribution is 5.73. The second-order valence-electron chi connectivity index (χ2n) is 2.52. The Morgan fingerprint density at radius 3 is 2.70 bits per heavy atom. The molecule has 0 saturated heterocycles. The molecule has 0 N–H and O–H groups in total. The third kappa shape index (κ3) is 1.10. The van der Waals surface area contributed by atoms with E-state index in [9.17, 15) is 4.79 Å². The molecule has 0 heterocycles. The third-order valence-corrected chi connectivity index (χ3v) is 1.86. The van der Waals surface area contributed by atoms with Gasteiger partial charge in [0, 0.05) is 5.92 Å². The van der Waals surface area contributed by atoms with Gasteiger partial charge in [-0.2, -0.15) is 5.26 Å². The number of hydrogen-bond acceptors (Lipinski definition) is 3. The van der Waals surface area contributed by atoms with Crippen LogP contribution in [0.2, 0.25) is 0 Å². The molecule has 1 fully saturated rings. The van der Waals surface area contributed by atoms with Crippen LogP contribution in [0, 0.1) is 23.2 Å². The Morgan fingerprint density at radius 2 is 2.30 bits per heavy atom. The molecule has 0 aromatic carbocycles. The number of hydrogen-bond donors (Lipinski definition) is 0. The number of nitriles is 1. The second-order valence-corrected chi connectivity index (χ2v) is 2.52. The monoisotopic (exact) mass is 139 g/mol. The number of rotatable bonds is 1. The fourth-order valence-corrected chi connectivity index (χ4v) is 1.08. The zero-order chi connectivity index (χ0) is 7.56. The molecular formula is C7H9NO2. The molecule has 0 bridgehead atoms. The maximum Gasteiger partial charge on any atom is 0.308 e. The van der Waals surface area contributed by atoms with E-state index in [1.165, 1.54) is 7.11 Å². The zero-order valence-corrected chi connectivity index (χ0v) is 5.83. The highest BCUT2D eigenvalue weighted by Crippen LogP contribution is 2.33. The first-order valence-corrected chi connectivity index (χ1v) is 3.25. The summed E-state index contributed by atoms with van der Waals surface area (Å²) in [7, 11) is 1.38. The van der Waals surface area contributed by atoms with Gasteiger partial charge in [-0.25, -0.2) is 0 Å². The molecule has 0 amide bonds. The van der Waals surface area contributed by atoms with Crippen molar-refractivity contribution in [3.05, 3.63) is 0 Å². The van der Waals surface area contributed by atoms with Gasteiger partial charge in [-0.1, -0.05) is 0 Å². The van der Waals surface area contributed by atoms with Crippen LogP contribution in [0.4, 0.5) is 0 Å². The number of ether oxygens (including phenoxy) is 1. The Kier molecular flexibility index (Phi) is 1.91. The molecule has 0 unspecified atom stereocenters. The first-order chi connectivity index (χ1) is 4.77. The van der Waals surface area contributed by atoms with E-state index < -0.39 is 0 Å². The van der Waals surface area contributed by atoms with Crippen LogP contribution in [0.15, 0.2) is 0 Å². The normalized spacial score (nSPS) is 30.0. The van der Waals surface area contributed by atoms with Gasteiger partial charge in [0.2, 0.25) is 0 Å². The Bertz CT molecular complexity index is 177. The molecule has 1 aliphatic carbocycles. The van der Waals surface area contributed by atoms with E-state index in [1.54, 1.807) is 0 Å². The van der Waals surface area contributed by atoms with E-state index in [1.807, 2.05) is 0 Å². The number of esters is 1. The molecule has 3 heteroatoms. The molecule has 0 radical (unpaired) electrons. The fourth-order valence-electron chi connectivity index (χ4n) is 1.08. The maximum absolute atomic E-state index is 10.7. The van der Waals surface area contributed by atoms with E-state index >= 15 is 0 Å². The van der Waals surface area contributed by atoms with Crippen molar-refractivity contribution in [3.8, 4) is 6.07 Å². The molecule has 0 aliphatic heterocycles. The van der Waals surface area contributed by atoms with Crippen LogP contribution >= 0.6 is 0 Å². The van der Waals surface area contributed by atoms with E-state index in [4.69, 9.17) is 5.26 Å². The Morgan fingerprint density at radius 1 is 1.70 bits per heavy atom. The lowest BCUT2D eigenvalue weighted by Gasteiger charge is -2.27. The minimum atomic E-state index is -0.175. The maximum atomic E-state index is 10.7. The predicted octanol–water partition coefficient (Wildman–Crippen LogP) is 0.709. The van der Waals surface area contributed by atoms with Gasteiger partial charge in [0.15, 0.2) is 0 Å². The predicted molar refractivity (Wildman–Crippen MR) is 33.8 cm³/mol. The summed E-state index contributed by atoms with van der Waals surface area (Å²) >= 11 is 0. The number of carbonyl (C=O) groups is 1. The largest absolute Gasteiger partial charge is 0.469 e. The van der Waals surface area contributed by atoms with Crippen molar-refractivity contribution in [2.45, 2.75) is 12.8 Å². The molecule has 0 aromatic heterocycles. The van der Waals surface area contributed by atoms with E-state index in [0.29, 0.717) is 12.8 Å². The fraction of sp³-hybridized carbons (Fsp3) is 0.714. The molecule has 0 atom stereocenters. The molecule has 0 spiro atoms. The smallest absolute Gasteiger partial charge is 0.308 e. The van der Waals surface area contributed by atoms with Gasteiger partial charge < -0.3 is 4.74 Å². The Balaban J connectivity index is 2.27. The summed E-state index contributed by atoms with van der Waals surface area (Å²) in [6.07, 6.45) is 1.37. The van der Waals surface area contributed by atoms with Gasteiger partial charge in [0.1, 0.15) is 0 Å². The van der Waals surface area contributed by atoms with Crippen LogP contribution in [-0.4, -0.2) is 13.1 Å². The summed E-state index contributed by atoms with van der Waals surface area (Å²) < 4.78 is 4.50. The average Bonchev–Trinajstić information content (AvgIpc) is 1.85. The van der Waals surface area contributed by atoms with Gasteiger partial charge in [-0.05, 0) is 12.8 Å². The lowest BCUT2D eigenvalue weighted by molar-refractivity contribution is -0.149. The van der Waals surface area contributed by atoms with Crippen molar-refractivity contribution in [1.82, 2.24) is 0 Å². The van der Waals surface area contributed by atoms with Gasteiger partial charge in [-0.3, -0.25) is 4.79 Å². The van der Waals surface area contributed by atoms with Crippen LogP contribution in [0.1, 0.15) is 12.8 Å². The Hall–Kier alpha value is -1.04. The van der Waals surface area contributed by atoms with Crippen molar-refractivity contribution in [3.63, 3.8) is 0 Å². The standard InChI is InChI=1S/C7H9NO2/c1-10-7(9)6-2-5(3-6)4-8/h5-6H,2-3H2,1H3. The molecule has 0 aromatic rings. The van der Waals surface area contributed by atoms with Gasteiger partial charge in [-0.15, -0.1) is 0 Å². The highest BCUT2D eigenvalue weighted by atomic mass is 16.5. The number of carbonyl (C=O) groups excluding carboxylic acids is 1.